The molecule has 0 aliphatic carbocycles. The van der Waals surface area contributed by atoms with Crippen molar-refractivity contribution in [2.45, 2.75) is 0 Å². The van der Waals surface area contributed by atoms with Crippen molar-refractivity contribution in [1.82, 2.24) is 25.1 Å². The van der Waals surface area contributed by atoms with E-state index < -0.39 is 17.3 Å². The van der Waals surface area contributed by atoms with Gasteiger partial charge in [0.1, 0.15) is 11.2 Å². The van der Waals surface area contributed by atoms with Gasteiger partial charge < -0.3 is 20.6 Å². The number of anilines is 2. The van der Waals surface area contributed by atoms with Crippen molar-refractivity contribution < 1.29 is 14.7 Å². The number of aromatic amines is 1. The zero-order chi connectivity index (χ0) is 17.8. The number of nitrogens with one attached hydrogen (secondary N) is 1. The Morgan fingerprint density at radius 2 is 2.32 bits per heavy atom. The minimum atomic E-state index is -1.17. The molecular weight excluding hydrogens is 326 g/mol. The van der Waals surface area contributed by atoms with Gasteiger partial charge in [-0.2, -0.15) is 15.1 Å². The number of rotatable bonds is 4. The molecule has 10 heteroatoms. The number of carboxylic acid groups (broad SMARTS) is 1. The van der Waals surface area contributed by atoms with Gasteiger partial charge in [0, 0.05) is 26.2 Å². The van der Waals surface area contributed by atoms with Crippen molar-refractivity contribution in [3.8, 4) is 0 Å². The Morgan fingerprint density at radius 1 is 1.52 bits per heavy atom. The van der Waals surface area contributed by atoms with E-state index >= 15 is 0 Å². The number of carboxylic acids is 1. The fourth-order valence-electron chi connectivity index (χ4n) is 3.86. The van der Waals surface area contributed by atoms with Crippen molar-refractivity contribution in [3.05, 3.63) is 18.9 Å². The van der Waals surface area contributed by atoms with E-state index in [1.165, 1.54) is 0 Å². The number of carbonyl (C=O) groups excluding carboxylic acids is 1. The molecule has 4 N–H and O–H groups in total. The van der Waals surface area contributed by atoms with Crippen LogP contribution in [0.4, 0.5) is 11.8 Å². The molecule has 4 heterocycles. The molecule has 2 aromatic heterocycles. The number of hydrogen-bond donors (Lipinski definition) is 3. The molecule has 4 rings (SSSR count). The third-order valence-corrected chi connectivity index (χ3v) is 5.01. The summed E-state index contributed by atoms with van der Waals surface area (Å²) in [6.07, 6.45) is 3.17. The number of nitrogen functional groups attached to an aromatic ring is 1. The van der Waals surface area contributed by atoms with Crippen LogP contribution in [0.1, 0.15) is 0 Å². The Labute approximate surface area is 142 Å². The van der Waals surface area contributed by atoms with Crippen molar-refractivity contribution in [3.63, 3.8) is 0 Å². The number of aliphatic carboxylic acids is 1. The molecule has 2 atom stereocenters. The number of H-pyrrole nitrogens is 1. The van der Waals surface area contributed by atoms with Crippen LogP contribution >= 0.6 is 0 Å². The molecular formula is C15H17N7O3. The molecule has 2 aliphatic heterocycles. The first kappa shape index (κ1) is 15.4. The van der Waals surface area contributed by atoms with E-state index in [1.807, 2.05) is 0 Å². The van der Waals surface area contributed by atoms with Gasteiger partial charge in [0.2, 0.25) is 11.9 Å². The third kappa shape index (κ3) is 2.06. The summed E-state index contributed by atoms with van der Waals surface area (Å²) in [5.74, 6) is -1.23. The number of nitrogens with zero attached hydrogens (tertiary/aromatic N) is 5. The molecule has 2 saturated heterocycles. The SMILES string of the molecule is C=CCN1C[C@]2(C(=O)O)CN(c3nc(N)nc4[nH]ncc34)C[C@@H]2C1=O. The van der Waals surface area contributed by atoms with Gasteiger partial charge in [0.25, 0.3) is 0 Å². The molecule has 10 nitrogen and oxygen atoms in total. The molecule has 0 bridgehead atoms. The van der Waals surface area contributed by atoms with Gasteiger partial charge >= 0.3 is 5.97 Å². The fraction of sp³-hybridized carbons (Fsp3) is 0.400. The molecule has 0 aromatic carbocycles. The molecule has 0 unspecified atom stereocenters. The van der Waals surface area contributed by atoms with Gasteiger partial charge in [0.05, 0.1) is 17.5 Å². The monoisotopic (exact) mass is 343 g/mol. The zero-order valence-corrected chi connectivity index (χ0v) is 13.3. The molecule has 1 amide bonds. The minimum Gasteiger partial charge on any atom is -0.481 e. The van der Waals surface area contributed by atoms with E-state index in [9.17, 15) is 14.7 Å². The van der Waals surface area contributed by atoms with Gasteiger partial charge in [-0.1, -0.05) is 6.08 Å². The van der Waals surface area contributed by atoms with Crippen LogP contribution in [0, 0.1) is 11.3 Å². The smallest absolute Gasteiger partial charge is 0.314 e. The highest BCUT2D eigenvalue weighted by Gasteiger charge is 2.62. The Balaban J connectivity index is 1.74. The van der Waals surface area contributed by atoms with Crippen LogP contribution in [0.15, 0.2) is 18.9 Å². The Morgan fingerprint density at radius 3 is 3.00 bits per heavy atom. The van der Waals surface area contributed by atoms with Gasteiger partial charge in [-0.15, -0.1) is 6.58 Å². The second-order valence-corrected chi connectivity index (χ2v) is 6.44. The number of nitrogens with two attached hydrogens (primary N) is 1. The van der Waals surface area contributed by atoms with E-state index in [1.54, 1.807) is 22.1 Å². The van der Waals surface area contributed by atoms with Crippen LogP contribution in [0.25, 0.3) is 11.0 Å². The van der Waals surface area contributed by atoms with Crippen LogP contribution in [0.5, 0.6) is 0 Å². The summed E-state index contributed by atoms with van der Waals surface area (Å²) in [5.41, 5.74) is 5.05. The average Bonchev–Trinajstić information content (AvgIpc) is 3.23. The van der Waals surface area contributed by atoms with Crippen LogP contribution in [-0.2, 0) is 9.59 Å². The van der Waals surface area contributed by atoms with E-state index in [0.717, 1.165) is 0 Å². The molecule has 0 radical (unpaired) electrons. The summed E-state index contributed by atoms with van der Waals surface area (Å²) in [6.45, 7) is 4.56. The van der Waals surface area contributed by atoms with Crippen molar-refractivity contribution in [2.75, 3.05) is 36.8 Å². The van der Waals surface area contributed by atoms with Crippen LogP contribution in [-0.4, -0.2) is 68.2 Å². The van der Waals surface area contributed by atoms with Crippen LogP contribution in [0.2, 0.25) is 0 Å². The third-order valence-electron chi connectivity index (χ3n) is 5.01. The molecule has 2 fully saturated rings. The topological polar surface area (TPSA) is 141 Å². The van der Waals surface area contributed by atoms with Crippen molar-refractivity contribution in [2.24, 2.45) is 11.3 Å². The maximum Gasteiger partial charge on any atom is 0.314 e. The number of fused-ring (bicyclic) bond motifs is 2. The van der Waals surface area contributed by atoms with E-state index in [2.05, 4.69) is 26.7 Å². The summed E-state index contributed by atoms with van der Waals surface area (Å²) < 4.78 is 0. The number of carbonyl (C=O) groups is 2. The normalized spacial score (nSPS) is 25.6. The standard InChI is InChI=1S/C15H17N7O3/c1-2-3-21-6-15(13(24)25)7-22(5-9(15)12(21)23)11-8-4-17-20-10(8)18-14(16)19-11/h2,4,9H,1,3,5-7H2,(H,24,25)(H3,16,17,18,19,20)/t9-,15+/m1/s1. The first-order valence-electron chi connectivity index (χ1n) is 7.81. The first-order valence-corrected chi connectivity index (χ1v) is 7.81. The molecule has 0 spiro atoms. The highest BCUT2D eigenvalue weighted by molar-refractivity contribution is 5.95. The lowest BCUT2D eigenvalue weighted by Gasteiger charge is -2.25. The second-order valence-electron chi connectivity index (χ2n) is 6.44. The largest absolute Gasteiger partial charge is 0.481 e. The maximum atomic E-state index is 12.7. The molecule has 130 valence electrons. The van der Waals surface area contributed by atoms with Crippen LogP contribution < -0.4 is 10.6 Å². The number of likely N-dealkylation sites (tertiary alicyclic amines) is 1. The quantitative estimate of drug-likeness (QED) is 0.629. The second kappa shape index (κ2) is 5.16. The Kier molecular flexibility index (Phi) is 3.17. The lowest BCUT2D eigenvalue weighted by Crippen LogP contribution is -2.41. The van der Waals surface area contributed by atoms with Gasteiger partial charge in [0.15, 0.2) is 5.65 Å². The molecule has 2 aliphatic rings. The predicted molar refractivity (Wildman–Crippen MR) is 88.6 cm³/mol. The molecule has 2 aromatic rings. The molecule has 25 heavy (non-hydrogen) atoms. The maximum absolute atomic E-state index is 12.7. The lowest BCUT2D eigenvalue weighted by molar-refractivity contribution is -0.149. The summed E-state index contributed by atoms with van der Waals surface area (Å²) in [7, 11) is 0. The summed E-state index contributed by atoms with van der Waals surface area (Å²) >= 11 is 0. The van der Waals surface area contributed by atoms with Gasteiger partial charge in [-0.05, 0) is 0 Å². The average molecular weight is 343 g/mol. The van der Waals surface area contributed by atoms with Crippen molar-refractivity contribution in [1.29, 1.82) is 0 Å². The first-order chi connectivity index (χ1) is 12.0. The number of hydrogen-bond acceptors (Lipinski definition) is 7. The highest BCUT2D eigenvalue weighted by Crippen LogP contribution is 2.45. The summed E-state index contributed by atoms with van der Waals surface area (Å²) in [5, 5.41) is 17.2. The Hall–Kier alpha value is -3.17. The summed E-state index contributed by atoms with van der Waals surface area (Å²) in [4.78, 5) is 36.4. The van der Waals surface area contributed by atoms with Gasteiger partial charge in [-0.3, -0.25) is 14.7 Å². The lowest BCUT2D eigenvalue weighted by atomic mass is 9.81. The van der Waals surface area contributed by atoms with E-state index in [4.69, 9.17) is 5.73 Å². The molecule has 0 saturated carbocycles. The number of aromatic nitrogens is 4. The summed E-state index contributed by atoms with van der Waals surface area (Å²) in [6, 6.07) is 0. The predicted octanol–water partition coefficient (Wildman–Crippen LogP) is -0.529. The van der Waals surface area contributed by atoms with Crippen LogP contribution in [0.3, 0.4) is 0 Å². The highest BCUT2D eigenvalue weighted by atomic mass is 16.4. The Bertz CT molecular complexity index is 894. The van der Waals surface area contributed by atoms with E-state index in [0.29, 0.717) is 23.4 Å². The fourth-order valence-corrected chi connectivity index (χ4v) is 3.86. The van der Waals surface area contributed by atoms with Gasteiger partial charge in [-0.25, -0.2) is 0 Å². The minimum absolute atomic E-state index is 0.0628. The van der Waals surface area contributed by atoms with E-state index in [-0.39, 0.29) is 31.5 Å². The number of amides is 1. The zero-order valence-electron chi connectivity index (χ0n) is 13.3. The van der Waals surface area contributed by atoms with Crippen molar-refractivity contribution >= 4 is 34.7 Å².